The SMILES string of the molecule is C=C/C(=C\C)NC(C)=O.CC. The van der Waals surface area contributed by atoms with Crippen molar-refractivity contribution >= 4 is 5.91 Å². The van der Waals surface area contributed by atoms with Gasteiger partial charge >= 0.3 is 0 Å². The van der Waals surface area contributed by atoms with Crippen molar-refractivity contribution < 1.29 is 4.79 Å². The van der Waals surface area contributed by atoms with Crippen LogP contribution in [0, 0.1) is 0 Å². The Balaban J connectivity index is 0. The van der Waals surface area contributed by atoms with E-state index in [1.165, 1.54) is 6.92 Å². The first-order chi connectivity index (χ1) is 5.20. The highest BCUT2D eigenvalue weighted by Crippen LogP contribution is 1.87. The molecule has 1 N–H and O–H groups in total. The number of nitrogens with one attached hydrogen (secondary N) is 1. The van der Waals surface area contributed by atoms with E-state index in [4.69, 9.17) is 0 Å². The van der Waals surface area contributed by atoms with Crippen molar-refractivity contribution in [2.24, 2.45) is 0 Å². The van der Waals surface area contributed by atoms with Crippen LogP contribution in [0.15, 0.2) is 24.4 Å². The monoisotopic (exact) mass is 155 g/mol. The molecule has 64 valence electrons. The van der Waals surface area contributed by atoms with Gasteiger partial charge in [0.05, 0.1) is 0 Å². The number of hydrogen-bond donors (Lipinski definition) is 1. The minimum atomic E-state index is -0.0667. The fourth-order valence-electron chi connectivity index (χ4n) is 0.444. The number of allylic oxidation sites excluding steroid dienone is 2. The summed E-state index contributed by atoms with van der Waals surface area (Å²) in [6, 6.07) is 0. The molecule has 2 heteroatoms. The van der Waals surface area contributed by atoms with Crippen LogP contribution >= 0.6 is 0 Å². The van der Waals surface area contributed by atoms with Crippen molar-refractivity contribution in [2.75, 3.05) is 0 Å². The van der Waals surface area contributed by atoms with E-state index in [1.807, 2.05) is 20.8 Å². The fourth-order valence-corrected chi connectivity index (χ4v) is 0.444. The summed E-state index contributed by atoms with van der Waals surface area (Å²) in [5.41, 5.74) is 0.752. The third kappa shape index (κ3) is 8.95. The largest absolute Gasteiger partial charge is 0.327 e. The molecule has 0 atom stereocenters. The van der Waals surface area contributed by atoms with Crippen LogP contribution in [0.5, 0.6) is 0 Å². The van der Waals surface area contributed by atoms with Gasteiger partial charge in [0.1, 0.15) is 0 Å². The second-order valence-electron chi connectivity index (χ2n) is 1.63. The molecule has 0 aromatic rings. The highest BCUT2D eigenvalue weighted by Gasteiger charge is 1.89. The standard InChI is InChI=1S/C7H11NO.C2H6/c1-4-7(5-2)8-6(3)9;1-2/h4-5H,1H2,2-3H3,(H,8,9);1-2H3/b7-5+;. The highest BCUT2D eigenvalue weighted by molar-refractivity contribution is 5.75. The maximum Gasteiger partial charge on any atom is 0.221 e. The lowest BCUT2D eigenvalue weighted by Gasteiger charge is -1.98. The van der Waals surface area contributed by atoms with E-state index in [0.29, 0.717) is 0 Å². The van der Waals surface area contributed by atoms with Crippen LogP contribution in [0.2, 0.25) is 0 Å². The highest BCUT2D eigenvalue weighted by atomic mass is 16.1. The van der Waals surface area contributed by atoms with Crippen LogP contribution in [-0.2, 0) is 4.79 Å². The van der Waals surface area contributed by atoms with E-state index >= 15 is 0 Å². The van der Waals surface area contributed by atoms with Crippen LogP contribution < -0.4 is 5.32 Å². The maximum atomic E-state index is 10.4. The van der Waals surface area contributed by atoms with Crippen LogP contribution in [-0.4, -0.2) is 5.91 Å². The molecule has 0 heterocycles. The number of carbonyl (C=O) groups excluding carboxylic acids is 1. The summed E-state index contributed by atoms with van der Waals surface area (Å²) in [6.07, 6.45) is 3.38. The summed E-state index contributed by atoms with van der Waals surface area (Å²) in [5, 5.41) is 2.58. The molecule has 0 fully saturated rings. The number of hydrogen-bond acceptors (Lipinski definition) is 1. The first-order valence-electron chi connectivity index (χ1n) is 3.77. The third-order valence-electron chi connectivity index (χ3n) is 0.851. The summed E-state index contributed by atoms with van der Waals surface area (Å²) >= 11 is 0. The molecule has 0 aromatic carbocycles. The number of carbonyl (C=O) groups is 1. The predicted molar refractivity (Wildman–Crippen MR) is 49.1 cm³/mol. The Morgan fingerprint density at radius 2 is 1.91 bits per heavy atom. The van der Waals surface area contributed by atoms with Crippen molar-refractivity contribution in [3.63, 3.8) is 0 Å². The molecule has 0 radical (unpaired) electrons. The summed E-state index contributed by atoms with van der Waals surface area (Å²) < 4.78 is 0. The smallest absolute Gasteiger partial charge is 0.221 e. The first-order valence-corrected chi connectivity index (χ1v) is 3.77. The molecule has 0 bridgehead atoms. The van der Waals surface area contributed by atoms with Gasteiger partial charge in [-0.05, 0) is 13.0 Å². The molecule has 0 saturated carbocycles. The van der Waals surface area contributed by atoms with Gasteiger partial charge in [-0.25, -0.2) is 0 Å². The Hall–Kier alpha value is -1.05. The lowest BCUT2D eigenvalue weighted by atomic mass is 10.4. The minimum absolute atomic E-state index is 0.0667. The Bertz CT molecular complexity index is 148. The van der Waals surface area contributed by atoms with Crippen LogP contribution in [0.3, 0.4) is 0 Å². The summed E-state index contributed by atoms with van der Waals surface area (Å²) in [7, 11) is 0. The Kier molecular flexibility index (Phi) is 10.3. The van der Waals surface area contributed by atoms with E-state index in [0.717, 1.165) is 5.70 Å². The van der Waals surface area contributed by atoms with Crippen molar-refractivity contribution in [1.82, 2.24) is 5.32 Å². The van der Waals surface area contributed by atoms with Gasteiger partial charge in [0, 0.05) is 12.6 Å². The Labute approximate surface area is 69.0 Å². The molecule has 0 aliphatic heterocycles. The van der Waals surface area contributed by atoms with Gasteiger partial charge < -0.3 is 5.32 Å². The van der Waals surface area contributed by atoms with Crippen LogP contribution in [0.1, 0.15) is 27.7 Å². The summed E-state index contributed by atoms with van der Waals surface area (Å²) in [6.45, 7) is 10.8. The topological polar surface area (TPSA) is 29.1 Å². The van der Waals surface area contributed by atoms with Crippen molar-refractivity contribution in [2.45, 2.75) is 27.7 Å². The molecule has 1 amide bonds. The zero-order valence-electron chi connectivity index (χ0n) is 7.77. The Morgan fingerprint density at radius 1 is 1.45 bits per heavy atom. The molecule has 0 spiro atoms. The van der Waals surface area contributed by atoms with E-state index in [2.05, 4.69) is 11.9 Å². The normalized spacial score (nSPS) is 9.27. The fraction of sp³-hybridized carbons (Fsp3) is 0.444. The zero-order chi connectivity index (χ0) is 9.28. The summed E-state index contributed by atoms with van der Waals surface area (Å²) in [4.78, 5) is 10.4. The second kappa shape index (κ2) is 8.95. The minimum Gasteiger partial charge on any atom is -0.327 e. The van der Waals surface area contributed by atoms with Gasteiger partial charge in [0.2, 0.25) is 5.91 Å². The van der Waals surface area contributed by atoms with E-state index < -0.39 is 0 Å². The maximum absolute atomic E-state index is 10.4. The first kappa shape index (κ1) is 12.6. The lowest BCUT2D eigenvalue weighted by Crippen LogP contribution is -2.17. The average molecular weight is 155 g/mol. The molecule has 0 aliphatic carbocycles. The molecule has 0 unspecified atom stereocenters. The van der Waals surface area contributed by atoms with E-state index in [9.17, 15) is 4.79 Å². The molecular weight excluding hydrogens is 138 g/mol. The quantitative estimate of drug-likeness (QED) is 0.609. The van der Waals surface area contributed by atoms with Gasteiger partial charge in [-0.1, -0.05) is 26.5 Å². The third-order valence-corrected chi connectivity index (χ3v) is 0.851. The molecular formula is C9H17NO. The molecule has 0 aliphatic rings. The summed E-state index contributed by atoms with van der Waals surface area (Å²) in [5.74, 6) is -0.0667. The second-order valence-corrected chi connectivity index (χ2v) is 1.63. The Morgan fingerprint density at radius 3 is 2.00 bits per heavy atom. The van der Waals surface area contributed by atoms with Crippen molar-refractivity contribution in [3.8, 4) is 0 Å². The van der Waals surface area contributed by atoms with Gasteiger partial charge in [0.15, 0.2) is 0 Å². The van der Waals surface area contributed by atoms with Gasteiger partial charge in [-0.3, -0.25) is 4.79 Å². The van der Waals surface area contributed by atoms with Gasteiger partial charge in [0.25, 0.3) is 0 Å². The zero-order valence-corrected chi connectivity index (χ0v) is 7.77. The van der Waals surface area contributed by atoms with Crippen molar-refractivity contribution in [3.05, 3.63) is 24.4 Å². The number of amides is 1. The van der Waals surface area contributed by atoms with E-state index in [-0.39, 0.29) is 5.91 Å². The van der Waals surface area contributed by atoms with Crippen LogP contribution in [0.25, 0.3) is 0 Å². The molecule has 2 nitrogen and oxygen atoms in total. The van der Waals surface area contributed by atoms with Gasteiger partial charge in [-0.2, -0.15) is 0 Å². The molecule has 11 heavy (non-hydrogen) atoms. The molecule has 0 saturated heterocycles. The van der Waals surface area contributed by atoms with Crippen LogP contribution in [0.4, 0.5) is 0 Å². The predicted octanol–water partition coefficient (Wildman–Crippen LogP) is 2.24. The number of rotatable bonds is 2. The molecule has 0 aromatic heterocycles. The average Bonchev–Trinajstić information content (AvgIpc) is 2.03. The van der Waals surface area contributed by atoms with E-state index in [1.54, 1.807) is 12.2 Å². The lowest BCUT2D eigenvalue weighted by molar-refractivity contribution is -0.118. The van der Waals surface area contributed by atoms with Gasteiger partial charge in [-0.15, -0.1) is 0 Å². The molecule has 0 rings (SSSR count). The van der Waals surface area contributed by atoms with Crippen molar-refractivity contribution in [1.29, 1.82) is 0 Å².